The number of para-hydroxylation sites is 2. The normalized spacial score (nSPS) is 20.1. The van der Waals surface area contributed by atoms with E-state index in [-0.39, 0.29) is 24.5 Å². The summed E-state index contributed by atoms with van der Waals surface area (Å²) in [4.78, 5) is 18.5. The molecule has 5 rings (SSSR count). The zero-order valence-electron chi connectivity index (χ0n) is 17.9. The second kappa shape index (κ2) is 8.93. The molecule has 2 aliphatic rings. The van der Waals surface area contributed by atoms with E-state index >= 15 is 0 Å². The van der Waals surface area contributed by atoms with Gasteiger partial charge in [0.1, 0.15) is 5.60 Å². The maximum absolute atomic E-state index is 13.2. The molecule has 3 aromatic rings. The molecule has 1 spiro atoms. The average Bonchev–Trinajstić information content (AvgIpc) is 3.31. The largest absolute Gasteiger partial charge is 0.440 e. The summed E-state index contributed by atoms with van der Waals surface area (Å²) in [5, 5.41) is 4.69. The zero-order valence-corrected chi connectivity index (χ0v) is 18.7. The highest BCUT2D eigenvalue weighted by Gasteiger charge is 2.54. The third-order valence-corrected chi connectivity index (χ3v) is 6.85. The maximum atomic E-state index is 13.2. The van der Waals surface area contributed by atoms with E-state index in [4.69, 9.17) is 4.74 Å². The lowest BCUT2D eigenvalue weighted by Crippen LogP contribution is -2.52. The number of anilines is 1. The van der Waals surface area contributed by atoms with Gasteiger partial charge < -0.3 is 15.0 Å². The molecule has 1 unspecified atom stereocenters. The predicted molar refractivity (Wildman–Crippen MR) is 127 cm³/mol. The number of halogens is 1. The second-order valence-electron chi connectivity index (χ2n) is 8.45. The predicted octanol–water partition coefficient (Wildman–Crippen LogP) is 5.23. The molecule has 2 N–H and O–H groups in total. The van der Waals surface area contributed by atoms with Gasteiger partial charge in [0.05, 0.1) is 11.7 Å². The lowest BCUT2D eigenvalue weighted by molar-refractivity contribution is 0.00916. The van der Waals surface area contributed by atoms with Crippen molar-refractivity contribution in [3.63, 3.8) is 0 Å². The van der Waals surface area contributed by atoms with Crippen molar-refractivity contribution >= 4 is 35.1 Å². The molecule has 0 bridgehead atoms. The molecule has 1 aromatic heterocycles. The average molecular weight is 440 g/mol. The van der Waals surface area contributed by atoms with Gasteiger partial charge in [-0.1, -0.05) is 43.3 Å². The van der Waals surface area contributed by atoms with E-state index in [1.807, 2.05) is 17.0 Å². The third kappa shape index (κ3) is 3.81. The van der Waals surface area contributed by atoms with Gasteiger partial charge in [-0.2, -0.15) is 0 Å². The molecule has 1 amide bonds. The van der Waals surface area contributed by atoms with Crippen LogP contribution in [0.3, 0.4) is 0 Å². The van der Waals surface area contributed by atoms with Crippen molar-refractivity contribution in [3.05, 3.63) is 65.9 Å². The Hall–Kier alpha value is -2.50. The molecular weight excluding hydrogens is 410 g/mol. The summed E-state index contributed by atoms with van der Waals surface area (Å²) in [5.74, 6) is 0. The van der Waals surface area contributed by atoms with E-state index in [1.54, 1.807) is 0 Å². The number of hydrogen-bond donors (Lipinski definition) is 2. The summed E-state index contributed by atoms with van der Waals surface area (Å²) in [7, 11) is 0. The number of amides is 1. The Morgan fingerprint density at radius 3 is 2.61 bits per heavy atom. The van der Waals surface area contributed by atoms with Crippen LogP contribution in [0.1, 0.15) is 37.3 Å². The summed E-state index contributed by atoms with van der Waals surface area (Å²) in [5.41, 5.74) is 4.26. The standard InChI is InChI=1S/C25H29N3O2.ClH/c1-2-18-7-3-6-10-22(18)28-23(25(30-24(28)29)13-15-26-16-14-25)12-11-19-17-27-21-9-5-4-8-20(19)21;/h3-10,17,23,26-27H,2,11-16H2,1H3;1H. The number of H-pyrrole nitrogens is 1. The molecule has 0 radical (unpaired) electrons. The van der Waals surface area contributed by atoms with Gasteiger partial charge in [-0.15, -0.1) is 12.4 Å². The van der Waals surface area contributed by atoms with Crippen molar-refractivity contribution in [1.82, 2.24) is 10.3 Å². The molecule has 0 saturated carbocycles. The van der Waals surface area contributed by atoms with Crippen molar-refractivity contribution in [2.24, 2.45) is 0 Å². The van der Waals surface area contributed by atoms with Crippen LogP contribution in [0.4, 0.5) is 10.5 Å². The highest BCUT2D eigenvalue weighted by molar-refractivity contribution is 5.92. The molecule has 31 heavy (non-hydrogen) atoms. The molecule has 3 heterocycles. The van der Waals surface area contributed by atoms with Crippen LogP contribution in [-0.4, -0.2) is 35.8 Å². The van der Waals surface area contributed by atoms with Crippen LogP contribution in [-0.2, 0) is 17.6 Å². The first-order chi connectivity index (χ1) is 14.7. The minimum atomic E-state index is -0.407. The molecule has 0 aliphatic carbocycles. The van der Waals surface area contributed by atoms with Crippen LogP contribution >= 0.6 is 12.4 Å². The van der Waals surface area contributed by atoms with E-state index in [1.165, 1.54) is 16.5 Å². The summed E-state index contributed by atoms with van der Waals surface area (Å²) in [6.45, 7) is 3.92. The number of carbonyl (C=O) groups excluding carboxylic acids is 1. The Labute approximate surface area is 189 Å². The number of nitrogens with zero attached hydrogens (tertiary/aromatic N) is 1. The van der Waals surface area contributed by atoms with Gasteiger partial charge >= 0.3 is 6.09 Å². The van der Waals surface area contributed by atoms with E-state index < -0.39 is 5.60 Å². The van der Waals surface area contributed by atoms with Crippen molar-refractivity contribution in [1.29, 1.82) is 0 Å². The van der Waals surface area contributed by atoms with Crippen LogP contribution in [0.2, 0.25) is 0 Å². The van der Waals surface area contributed by atoms with E-state index in [0.29, 0.717) is 0 Å². The van der Waals surface area contributed by atoms with Crippen LogP contribution in [0.15, 0.2) is 54.7 Å². The van der Waals surface area contributed by atoms with Crippen molar-refractivity contribution in [2.75, 3.05) is 18.0 Å². The smallest absolute Gasteiger partial charge is 0.415 e. The molecule has 5 nitrogen and oxygen atoms in total. The lowest BCUT2D eigenvalue weighted by atomic mass is 9.81. The Morgan fingerprint density at radius 1 is 1.06 bits per heavy atom. The summed E-state index contributed by atoms with van der Waals surface area (Å²) in [6, 6.07) is 16.7. The monoisotopic (exact) mass is 439 g/mol. The molecule has 2 aromatic carbocycles. The summed E-state index contributed by atoms with van der Waals surface area (Å²) >= 11 is 0. The van der Waals surface area contributed by atoms with Gasteiger partial charge in [-0.25, -0.2) is 4.79 Å². The lowest BCUT2D eigenvalue weighted by Gasteiger charge is -2.38. The van der Waals surface area contributed by atoms with E-state index in [0.717, 1.165) is 56.4 Å². The number of fused-ring (bicyclic) bond motifs is 1. The number of aryl methyl sites for hydroxylation is 2. The number of aromatic amines is 1. The number of nitrogens with one attached hydrogen (secondary N) is 2. The highest BCUT2D eigenvalue weighted by Crippen LogP contribution is 2.43. The van der Waals surface area contributed by atoms with Gasteiger partial charge in [0.2, 0.25) is 0 Å². The fraction of sp³-hybridized carbons (Fsp3) is 0.400. The first-order valence-corrected chi connectivity index (χ1v) is 11.1. The molecule has 2 fully saturated rings. The maximum Gasteiger partial charge on any atom is 0.415 e. The molecular formula is C25H30ClN3O2. The molecule has 2 aliphatic heterocycles. The fourth-order valence-corrected chi connectivity index (χ4v) is 5.27. The van der Waals surface area contributed by atoms with Crippen molar-refractivity contribution in [2.45, 2.75) is 50.7 Å². The Kier molecular flexibility index (Phi) is 6.26. The number of rotatable bonds is 5. The number of carbonyl (C=O) groups is 1. The number of benzene rings is 2. The van der Waals surface area contributed by atoms with Crippen molar-refractivity contribution < 1.29 is 9.53 Å². The number of hydrogen-bond acceptors (Lipinski definition) is 3. The minimum Gasteiger partial charge on any atom is -0.440 e. The topological polar surface area (TPSA) is 57.4 Å². The van der Waals surface area contributed by atoms with Gasteiger partial charge in [0.25, 0.3) is 0 Å². The number of piperidine rings is 1. The summed E-state index contributed by atoms with van der Waals surface area (Å²) in [6.07, 6.45) is 6.33. The zero-order chi connectivity index (χ0) is 20.6. The van der Waals surface area contributed by atoms with Gasteiger partial charge in [0.15, 0.2) is 0 Å². The minimum absolute atomic E-state index is 0. The third-order valence-electron chi connectivity index (χ3n) is 6.85. The van der Waals surface area contributed by atoms with Crippen LogP contribution < -0.4 is 10.2 Å². The van der Waals surface area contributed by atoms with Crippen molar-refractivity contribution in [3.8, 4) is 0 Å². The SMILES string of the molecule is CCc1ccccc1N1C(=O)OC2(CCNCC2)C1CCc1c[nH]c2ccccc12.Cl. The van der Waals surface area contributed by atoms with Gasteiger partial charge in [0, 0.05) is 29.9 Å². The fourth-order valence-electron chi connectivity index (χ4n) is 5.27. The Balaban J connectivity index is 0.00000231. The highest BCUT2D eigenvalue weighted by atomic mass is 35.5. The number of ether oxygens (including phenoxy) is 1. The van der Waals surface area contributed by atoms with Gasteiger partial charge in [-0.05, 0) is 55.6 Å². The first kappa shape index (κ1) is 21.7. The molecule has 6 heteroatoms. The molecule has 2 saturated heterocycles. The van der Waals surface area contributed by atoms with Crippen LogP contribution in [0, 0.1) is 0 Å². The van der Waals surface area contributed by atoms with Gasteiger partial charge in [-0.3, -0.25) is 4.90 Å². The van der Waals surface area contributed by atoms with Crippen LogP contribution in [0.25, 0.3) is 10.9 Å². The molecule has 1 atom stereocenters. The second-order valence-corrected chi connectivity index (χ2v) is 8.45. The molecule has 164 valence electrons. The van der Waals surface area contributed by atoms with E-state index in [9.17, 15) is 4.79 Å². The quantitative estimate of drug-likeness (QED) is 0.572. The Bertz CT molecular complexity index is 1060. The van der Waals surface area contributed by atoms with Crippen LogP contribution in [0.5, 0.6) is 0 Å². The Morgan fingerprint density at radius 2 is 1.81 bits per heavy atom. The number of aromatic nitrogens is 1. The summed E-state index contributed by atoms with van der Waals surface area (Å²) < 4.78 is 6.17. The van der Waals surface area contributed by atoms with E-state index in [2.05, 4.69) is 59.8 Å². The first-order valence-electron chi connectivity index (χ1n) is 11.1.